The lowest BCUT2D eigenvalue weighted by Gasteiger charge is -2.45. The molecule has 0 aromatic carbocycles. The van der Waals surface area contributed by atoms with Gasteiger partial charge in [-0.3, -0.25) is 15.3 Å². The molecule has 0 bridgehead atoms. The maximum Gasteiger partial charge on any atom is 0.302 e. The quantitative estimate of drug-likeness (QED) is 0.162. The Morgan fingerprint density at radius 3 is 2.68 bits per heavy atom. The summed E-state index contributed by atoms with van der Waals surface area (Å²) in [5.41, 5.74) is 8.15. The van der Waals surface area contributed by atoms with E-state index in [1.54, 1.807) is 7.11 Å². The van der Waals surface area contributed by atoms with E-state index in [0.29, 0.717) is 36.0 Å². The van der Waals surface area contributed by atoms with E-state index >= 15 is 0 Å². The molecule has 2 saturated carbocycles. The molecule has 0 aromatic rings. The fourth-order valence-corrected chi connectivity index (χ4v) is 8.75. The van der Waals surface area contributed by atoms with Gasteiger partial charge in [0.25, 0.3) is 0 Å². The number of aliphatic hydroxyl groups excluding tert-OH is 1. The summed E-state index contributed by atoms with van der Waals surface area (Å²) in [7, 11) is 1.64. The van der Waals surface area contributed by atoms with Gasteiger partial charge in [-0.1, -0.05) is 32.6 Å². The van der Waals surface area contributed by atoms with Gasteiger partial charge in [-0.25, -0.2) is 0 Å². The van der Waals surface area contributed by atoms with Crippen molar-refractivity contribution in [3.05, 3.63) is 17.7 Å². The van der Waals surface area contributed by atoms with Crippen molar-refractivity contribution in [3.8, 4) is 0 Å². The summed E-state index contributed by atoms with van der Waals surface area (Å²) >= 11 is 0. The number of aliphatic hydroxyl groups is 1. The molecule has 44 heavy (non-hydrogen) atoms. The smallest absolute Gasteiger partial charge is 0.302 e. The number of ketones is 1. The fraction of sp³-hybridized carbons (Fsp3) is 0.833. The van der Waals surface area contributed by atoms with Crippen molar-refractivity contribution in [2.24, 2.45) is 33.9 Å². The molecule has 8 heteroatoms. The molecule has 5 N–H and O–H groups in total. The van der Waals surface area contributed by atoms with Crippen molar-refractivity contribution in [1.82, 2.24) is 0 Å². The Hall–Kier alpha value is -1.74. The highest BCUT2D eigenvalue weighted by Gasteiger charge is 2.47. The van der Waals surface area contributed by atoms with Crippen LogP contribution in [0.25, 0.3) is 0 Å². The zero-order valence-corrected chi connectivity index (χ0v) is 27.8. The molecular weight excluding hydrogens is 554 g/mol. The first-order chi connectivity index (χ1) is 21.2. The topological polar surface area (TPSA) is 128 Å². The van der Waals surface area contributed by atoms with E-state index in [4.69, 9.17) is 15.2 Å². The van der Waals surface area contributed by atoms with Crippen LogP contribution in [0.3, 0.4) is 0 Å². The van der Waals surface area contributed by atoms with Gasteiger partial charge in [-0.05, 0) is 74.5 Å². The van der Waals surface area contributed by atoms with Crippen LogP contribution >= 0.6 is 0 Å². The lowest BCUT2D eigenvalue weighted by Crippen LogP contribution is -2.95. The molecule has 1 saturated heterocycles. The van der Waals surface area contributed by atoms with Gasteiger partial charge in [-0.2, -0.15) is 0 Å². The fourth-order valence-electron chi connectivity index (χ4n) is 8.75. The number of quaternary nitrogens is 1. The van der Waals surface area contributed by atoms with Crippen molar-refractivity contribution >= 4 is 18.0 Å². The Morgan fingerprint density at radius 1 is 1.18 bits per heavy atom. The largest absolute Gasteiger partial charge is 0.462 e. The second kappa shape index (κ2) is 17.3. The van der Waals surface area contributed by atoms with Crippen molar-refractivity contribution in [2.45, 2.75) is 154 Å². The summed E-state index contributed by atoms with van der Waals surface area (Å²) in [6.07, 6.45) is 21.3. The van der Waals surface area contributed by atoms with Crippen LogP contribution in [0.1, 0.15) is 129 Å². The number of nitrogens with zero attached hydrogens (tertiary/aromatic N) is 1. The number of hydrogen-bond donors (Lipinski definition) is 3. The second-order valence-corrected chi connectivity index (χ2v) is 14.6. The van der Waals surface area contributed by atoms with E-state index in [9.17, 15) is 14.7 Å². The summed E-state index contributed by atoms with van der Waals surface area (Å²) in [5, 5.41) is 12.4. The highest BCUT2D eigenvalue weighted by Crippen LogP contribution is 2.52. The molecule has 2 aliphatic carbocycles. The number of nitrogens with two attached hydrogens (primary N) is 2. The lowest BCUT2D eigenvalue weighted by molar-refractivity contribution is -0.700. The first-order valence-electron chi connectivity index (χ1n) is 17.8. The molecule has 248 valence electrons. The average Bonchev–Trinajstić information content (AvgIpc) is 3.44. The van der Waals surface area contributed by atoms with Gasteiger partial charge in [0.2, 0.25) is 0 Å². The van der Waals surface area contributed by atoms with Crippen molar-refractivity contribution in [2.75, 3.05) is 13.7 Å². The van der Waals surface area contributed by atoms with Crippen LogP contribution < -0.4 is 11.1 Å². The number of ether oxygens (including phenoxy) is 2. The standard InChI is InChI=1S/C36H60N3O5/c1-4-26(9-12-32(44-25(2)40)21-31(41)11-8-27-10-13-33(42)34(19-27)43-3)18-28-23-38-24-29(28)22-36(15-6-5-7-16-36)30-14-17-39-35(37)20-30/h23-24,26-27,30,32-35,39,42H,4-22,37H2,1-3H3/q+1/p+1. The molecule has 4 rings (SSSR count). The lowest BCUT2D eigenvalue weighted by atomic mass is 9.59. The summed E-state index contributed by atoms with van der Waals surface area (Å²) in [6.45, 7) is 4.82. The van der Waals surface area contributed by atoms with Crippen LogP contribution in [0.4, 0.5) is 0 Å². The third-order valence-corrected chi connectivity index (χ3v) is 11.4. The van der Waals surface area contributed by atoms with E-state index in [2.05, 4.69) is 29.6 Å². The predicted octanol–water partition coefficient (Wildman–Crippen LogP) is 5.17. The molecule has 3 fully saturated rings. The molecular formula is C36H61N3O5+2. The summed E-state index contributed by atoms with van der Waals surface area (Å²) in [6, 6.07) is 0. The number of carbonyl (C=O) groups is 2. The Kier molecular flexibility index (Phi) is 13.8. The van der Waals surface area contributed by atoms with Crippen molar-refractivity contribution in [1.29, 1.82) is 0 Å². The number of piperidine rings is 1. The first kappa shape index (κ1) is 35.1. The number of allylic oxidation sites excluding steroid dienone is 1. The Labute approximate surface area is 266 Å². The summed E-state index contributed by atoms with van der Waals surface area (Å²) in [4.78, 5) is 29.6. The molecule has 0 radical (unpaired) electrons. The van der Waals surface area contributed by atoms with E-state index in [1.807, 2.05) is 0 Å². The molecule has 0 amide bonds. The highest BCUT2D eigenvalue weighted by molar-refractivity contribution is 5.83. The number of Topliss-reactive ketones (excluding diaryl/α,β-unsaturated/α-hetero) is 1. The van der Waals surface area contributed by atoms with Gasteiger partial charge >= 0.3 is 5.97 Å². The van der Waals surface area contributed by atoms with Crippen LogP contribution in [0.15, 0.2) is 16.8 Å². The van der Waals surface area contributed by atoms with Gasteiger partial charge in [0.1, 0.15) is 35.8 Å². The molecule has 2 heterocycles. The van der Waals surface area contributed by atoms with Crippen LogP contribution in [0.2, 0.25) is 0 Å². The van der Waals surface area contributed by atoms with Gasteiger partial charge in [0.05, 0.1) is 18.8 Å². The van der Waals surface area contributed by atoms with Crippen molar-refractivity contribution in [3.63, 3.8) is 0 Å². The number of methoxy groups -OCH3 is 1. The molecule has 4 aliphatic rings. The van der Waals surface area contributed by atoms with Gasteiger partial charge in [0, 0.05) is 52.6 Å². The SMILES string of the molecule is CCC(CCC(CC(=O)CCC1CCC(O)C(OC)C1)OC(C)=O)CC1=CN=C[C+]1CC1(C2CC[NH2+]C(N)C2)CCCCC1. The maximum atomic E-state index is 13.0. The number of carbonyl (C=O) groups excluding carboxylic acids is 2. The third kappa shape index (κ3) is 10.1. The molecule has 7 unspecified atom stereocenters. The Bertz CT molecular complexity index is 977. The van der Waals surface area contributed by atoms with E-state index < -0.39 is 6.10 Å². The average molecular weight is 616 g/mol. The minimum absolute atomic E-state index is 0.140. The molecule has 0 spiro atoms. The molecule has 8 nitrogen and oxygen atoms in total. The van der Waals surface area contributed by atoms with E-state index in [0.717, 1.165) is 64.3 Å². The molecule has 7 atom stereocenters. The first-order valence-corrected chi connectivity index (χ1v) is 17.8. The zero-order chi connectivity index (χ0) is 31.5. The third-order valence-electron chi connectivity index (χ3n) is 11.4. The number of rotatable bonds is 16. The van der Waals surface area contributed by atoms with Gasteiger partial charge in [0.15, 0.2) is 6.20 Å². The molecule has 2 aliphatic heterocycles. The van der Waals surface area contributed by atoms with Crippen LogP contribution in [-0.4, -0.2) is 61.2 Å². The van der Waals surface area contributed by atoms with Crippen LogP contribution in [0.5, 0.6) is 0 Å². The number of aliphatic imine (C=N–C) groups is 1. The Balaban J connectivity index is 1.28. The van der Waals surface area contributed by atoms with Crippen LogP contribution in [-0.2, 0) is 19.1 Å². The minimum atomic E-state index is -0.407. The Morgan fingerprint density at radius 2 is 1.98 bits per heavy atom. The monoisotopic (exact) mass is 615 g/mol. The second-order valence-electron chi connectivity index (χ2n) is 14.6. The number of esters is 1. The van der Waals surface area contributed by atoms with Crippen molar-refractivity contribution < 1.29 is 29.5 Å². The minimum Gasteiger partial charge on any atom is -0.462 e. The maximum absolute atomic E-state index is 13.0. The number of hydrogen-bond acceptors (Lipinski definition) is 7. The molecule has 0 aromatic heterocycles. The van der Waals surface area contributed by atoms with Crippen LogP contribution in [0, 0.1) is 29.1 Å². The summed E-state index contributed by atoms with van der Waals surface area (Å²) in [5.74, 6) is 2.79. The normalized spacial score (nSPS) is 30.1. The van der Waals surface area contributed by atoms with Gasteiger partial charge < -0.3 is 19.9 Å². The summed E-state index contributed by atoms with van der Waals surface area (Å²) < 4.78 is 11.1. The predicted molar refractivity (Wildman–Crippen MR) is 174 cm³/mol. The van der Waals surface area contributed by atoms with E-state index in [-0.39, 0.29) is 36.5 Å². The zero-order valence-electron chi connectivity index (χ0n) is 27.8. The van der Waals surface area contributed by atoms with E-state index in [1.165, 1.54) is 56.9 Å². The van der Waals surface area contributed by atoms with Gasteiger partial charge in [-0.15, -0.1) is 4.99 Å². The highest BCUT2D eigenvalue weighted by atomic mass is 16.5.